The molecule has 6 heteroatoms. The Morgan fingerprint density at radius 2 is 1.90 bits per heavy atom. The van der Waals surface area contributed by atoms with Gasteiger partial charge in [-0.2, -0.15) is 0 Å². The number of imidazole rings is 1. The molecule has 0 amide bonds. The lowest BCUT2D eigenvalue weighted by molar-refractivity contribution is -0.155. The average molecular weight is 419 g/mol. The molecule has 3 atom stereocenters. The molecule has 1 aliphatic heterocycles. The van der Waals surface area contributed by atoms with E-state index in [2.05, 4.69) is 33.1 Å². The van der Waals surface area contributed by atoms with Crippen molar-refractivity contribution in [3.05, 3.63) is 78.1 Å². The van der Waals surface area contributed by atoms with Gasteiger partial charge in [0.15, 0.2) is 0 Å². The topological polar surface area (TPSA) is 63.4 Å². The molecule has 5 rings (SSSR count). The summed E-state index contributed by atoms with van der Waals surface area (Å²) in [7, 11) is 1.98. The number of pyridine rings is 1. The van der Waals surface area contributed by atoms with Crippen LogP contribution in [0, 0.1) is 11.8 Å². The number of aliphatic hydroxyl groups is 1. The van der Waals surface area contributed by atoms with Crippen molar-refractivity contribution < 1.29 is 9.84 Å². The lowest BCUT2D eigenvalue weighted by Crippen LogP contribution is -2.58. The van der Waals surface area contributed by atoms with Gasteiger partial charge in [-0.25, -0.2) is 4.98 Å². The first-order chi connectivity index (χ1) is 15.1. The van der Waals surface area contributed by atoms with E-state index in [0.29, 0.717) is 6.61 Å². The van der Waals surface area contributed by atoms with Gasteiger partial charge in [-0.3, -0.25) is 9.88 Å². The summed E-state index contributed by atoms with van der Waals surface area (Å²) >= 11 is 0. The van der Waals surface area contributed by atoms with Gasteiger partial charge in [0, 0.05) is 57.1 Å². The summed E-state index contributed by atoms with van der Waals surface area (Å²) in [4.78, 5) is 11.3. The number of ether oxygens (including phenoxy) is 1. The Balaban J connectivity index is 1.27. The van der Waals surface area contributed by atoms with E-state index < -0.39 is 5.60 Å². The molecule has 1 saturated heterocycles. The summed E-state index contributed by atoms with van der Waals surface area (Å²) < 4.78 is 7.95. The predicted octanol–water partition coefficient (Wildman–Crippen LogP) is 3.51. The molecule has 1 aromatic carbocycles. The van der Waals surface area contributed by atoms with Gasteiger partial charge < -0.3 is 14.4 Å². The first-order valence-corrected chi connectivity index (χ1v) is 11.2. The third-order valence-corrected chi connectivity index (χ3v) is 6.90. The van der Waals surface area contributed by atoms with Crippen LogP contribution in [0.3, 0.4) is 0 Å². The minimum absolute atomic E-state index is 0.213. The van der Waals surface area contributed by atoms with E-state index >= 15 is 0 Å². The Morgan fingerprint density at radius 1 is 1.06 bits per heavy atom. The number of likely N-dealkylation sites (tertiary alicyclic amines) is 1. The second-order valence-electron chi connectivity index (χ2n) is 8.96. The minimum Gasteiger partial charge on any atom is -0.487 e. The molecular weight excluding hydrogens is 388 g/mol. The van der Waals surface area contributed by atoms with Crippen molar-refractivity contribution >= 4 is 0 Å². The number of hydrogen-bond acceptors (Lipinski definition) is 5. The Labute approximate surface area is 183 Å². The molecule has 162 valence electrons. The number of nitrogens with zero attached hydrogens (tertiary/aromatic N) is 4. The molecule has 1 N–H and O–H groups in total. The fraction of sp³-hybridized carbons (Fsp3) is 0.440. The smallest absolute Gasteiger partial charge is 0.141 e. The Kier molecular flexibility index (Phi) is 5.50. The molecule has 1 unspecified atom stereocenters. The summed E-state index contributed by atoms with van der Waals surface area (Å²) in [5.41, 5.74) is 1.34. The van der Waals surface area contributed by atoms with Crippen LogP contribution in [0.4, 0.5) is 0 Å². The maximum absolute atomic E-state index is 11.8. The number of aryl methyl sites for hydroxylation is 1. The average Bonchev–Trinajstić information content (AvgIpc) is 3.21. The standard InChI is InChI=1S/C25H30N4O2/c1-28-13-12-27-24(28)25(30)20-7-5-8-21(25)17-29(16-20)15-19-6-4-10-23(14-19)31-18-22-9-2-3-11-26-22/h2-4,6,9-14,20-21,30H,5,7-8,15-18H2,1H3/t20-,21+,25?. The van der Waals surface area contributed by atoms with E-state index in [1.807, 2.05) is 42.1 Å². The van der Waals surface area contributed by atoms with Crippen LogP contribution in [0.5, 0.6) is 5.75 Å². The maximum atomic E-state index is 11.8. The van der Waals surface area contributed by atoms with Gasteiger partial charge in [-0.1, -0.05) is 24.6 Å². The molecule has 2 aliphatic rings. The van der Waals surface area contributed by atoms with Gasteiger partial charge in [-0.15, -0.1) is 0 Å². The summed E-state index contributed by atoms with van der Waals surface area (Å²) in [5.74, 6) is 2.12. The molecule has 3 heterocycles. The zero-order valence-electron chi connectivity index (χ0n) is 18.0. The summed E-state index contributed by atoms with van der Waals surface area (Å²) in [6.07, 6.45) is 8.80. The number of hydrogen-bond donors (Lipinski definition) is 1. The third-order valence-electron chi connectivity index (χ3n) is 6.90. The molecule has 3 aromatic rings. The fourth-order valence-corrected chi connectivity index (χ4v) is 5.42. The monoisotopic (exact) mass is 418 g/mol. The highest BCUT2D eigenvalue weighted by Gasteiger charge is 2.53. The first kappa shape index (κ1) is 20.2. The molecule has 1 aliphatic carbocycles. The molecule has 6 nitrogen and oxygen atoms in total. The highest BCUT2D eigenvalue weighted by molar-refractivity contribution is 5.29. The van der Waals surface area contributed by atoms with E-state index in [1.54, 1.807) is 12.4 Å². The molecule has 2 fully saturated rings. The van der Waals surface area contributed by atoms with Gasteiger partial charge in [-0.05, 0) is 42.7 Å². The van der Waals surface area contributed by atoms with Gasteiger partial charge >= 0.3 is 0 Å². The number of aromatic nitrogens is 3. The molecule has 2 bridgehead atoms. The second-order valence-corrected chi connectivity index (χ2v) is 8.96. The second kappa shape index (κ2) is 8.44. The largest absolute Gasteiger partial charge is 0.487 e. The molecule has 0 radical (unpaired) electrons. The van der Waals surface area contributed by atoms with Crippen molar-refractivity contribution in [2.75, 3.05) is 13.1 Å². The molecule has 0 spiro atoms. The highest BCUT2D eigenvalue weighted by atomic mass is 16.5. The Hall–Kier alpha value is -2.70. The number of benzene rings is 1. The summed E-state index contributed by atoms with van der Waals surface area (Å²) in [6.45, 7) is 3.11. The van der Waals surface area contributed by atoms with Crippen LogP contribution in [0.2, 0.25) is 0 Å². The zero-order chi connectivity index (χ0) is 21.3. The van der Waals surface area contributed by atoms with Crippen molar-refractivity contribution in [1.29, 1.82) is 0 Å². The van der Waals surface area contributed by atoms with Gasteiger partial charge in [0.2, 0.25) is 0 Å². The van der Waals surface area contributed by atoms with E-state index in [1.165, 1.54) is 12.0 Å². The van der Waals surface area contributed by atoms with Gasteiger partial charge in [0.25, 0.3) is 0 Å². The summed E-state index contributed by atoms with van der Waals surface area (Å²) in [5, 5.41) is 11.8. The third kappa shape index (κ3) is 3.98. The van der Waals surface area contributed by atoms with Crippen molar-refractivity contribution in [2.24, 2.45) is 18.9 Å². The van der Waals surface area contributed by atoms with Crippen LogP contribution in [0.25, 0.3) is 0 Å². The van der Waals surface area contributed by atoms with Crippen molar-refractivity contribution in [2.45, 2.75) is 38.0 Å². The lowest BCUT2D eigenvalue weighted by atomic mass is 9.65. The molecular formula is C25H30N4O2. The quantitative estimate of drug-likeness (QED) is 0.664. The van der Waals surface area contributed by atoms with Crippen molar-refractivity contribution in [1.82, 2.24) is 19.4 Å². The van der Waals surface area contributed by atoms with Crippen LogP contribution >= 0.6 is 0 Å². The molecule has 2 aromatic heterocycles. The van der Waals surface area contributed by atoms with Crippen LogP contribution in [0.1, 0.15) is 36.3 Å². The van der Waals surface area contributed by atoms with E-state index in [9.17, 15) is 5.11 Å². The van der Waals surface area contributed by atoms with E-state index in [-0.39, 0.29) is 11.8 Å². The maximum Gasteiger partial charge on any atom is 0.141 e. The number of rotatable bonds is 6. The zero-order valence-corrected chi connectivity index (χ0v) is 18.0. The number of fused-ring (bicyclic) bond motifs is 2. The Bertz CT molecular complexity index is 1010. The van der Waals surface area contributed by atoms with Crippen LogP contribution < -0.4 is 4.74 Å². The predicted molar refractivity (Wildman–Crippen MR) is 118 cm³/mol. The highest BCUT2D eigenvalue weighted by Crippen LogP contribution is 2.48. The fourth-order valence-electron chi connectivity index (χ4n) is 5.42. The summed E-state index contributed by atoms with van der Waals surface area (Å²) in [6, 6.07) is 14.2. The van der Waals surface area contributed by atoms with E-state index in [4.69, 9.17) is 4.74 Å². The molecule has 31 heavy (non-hydrogen) atoms. The van der Waals surface area contributed by atoms with E-state index in [0.717, 1.165) is 49.7 Å². The van der Waals surface area contributed by atoms with Gasteiger partial charge in [0.05, 0.1) is 5.69 Å². The van der Waals surface area contributed by atoms with Crippen LogP contribution in [-0.2, 0) is 25.8 Å². The van der Waals surface area contributed by atoms with Crippen molar-refractivity contribution in [3.63, 3.8) is 0 Å². The van der Waals surface area contributed by atoms with Crippen LogP contribution in [-0.4, -0.2) is 37.6 Å². The first-order valence-electron chi connectivity index (χ1n) is 11.2. The number of piperidine rings is 1. The normalized spacial score (nSPS) is 26.0. The Morgan fingerprint density at radius 3 is 2.61 bits per heavy atom. The SMILES string of the molecule is Cn1ccnc1C1(O)[C@@H]2CCC[C@H]1CN(Cc1cccc(OCc3ccccn3)c1)C2. The molecule has 1 saturated carbocycles. The van der Waals surface area contributed by atoms with Crippen LogP contribution in [0.15, 0.2) is 61.1 Å². The van der Waals surface area contributed by atoms with Crippen molar-refractivity contribution in [3.8, 4) is 5.75 Å². The van der Waals surface area contributed by atoms with Gasteiger partial charge in [0.1, 0.15) is 23.8 Å². The minimum atomic E-state index is -0.819. The lowest BCUT2D eigenvalue weighted by Gasteiger charge is -2.52.